The third kappa shape index (κ3) is 2.19. The van der Waals surface area contributed by atoms with Crippen LogP contribution in [0.2, 0.25) is 0 Å². The molecular weight excluding hydrogens is 170 g/mol. The molecule has 0 aromatic carbocycles. The summed E-state index contributed by atoms with van der Waals surface area (Å²) >= 11 is 0. The number of nitrogens with zero attached hydrogens (tertiary/aromatic N) is 1. The predicted octanol–water partition coefficient (Wildman–Crippen LogP) is 0.00460. The lowest BCUT2D eigenvalue weighted by Crippen LogP contribution is -2.58. The first-order chi connectivity index (χ1) is 5.96. The van der Waals surface area contributed by atoms with Crippen molar-refractivity contribution in [3.8, 4) is 0 Å². The van der Waals surface area contributed by atoms with E-state index < -0.39 is 0 Å². The van der Waals surface area contributed by atoms with Crippen molar-refractivity contribution in [1.29, 1.82) is 0 Å². The van der Waals surface area contributed by atoms with Crippen LogP contribution in [-0.2, 0) is 9.53 Å². The molecule has 1 amide bonds. The van der Waals surface area contributed by atoms with Crippen LogP contribution in [0.25, 0.3) is 0 Å². The van der Waals surface area contributed by atoms with Crippen molar-refractivity contribution >= 4 is 5.91 Å². The molecule has 13 heavy (non-hydrogen) atoms. The molecule has 1 N–H and O–H groups in total. The van der Waals surface area contributed by atoms with Gasteiger partial charge in [0.15, 0.2) is 0 Å². The topological polar surface area (TPSA) is 49.8 Å². The zero-order valence-electron chi connectivity index (χ0n) is 8.41. The minimum atomic E-state index is -0.242. The molecule has 1 fully saturated rings. The van der Waals surface area contributed by atoms with Crippen LogP contribution < -0.4 is 0 Å². The first-order valence-electron chi connectivity index (χ1n) is 4.47. The summed E-state index contributed by atoms with van der Waals surface area (Å²) in [6.07, 6.45) is 0. The second-order valence-corrected chi connectivity index (χ2v) is 4.29. The number of rotatable bonds is 1. The maximum absolute atomic E-state index is 11.5. The molecule has 76 valence electrons. The molecular formula is C9H17NO3. The van der Waals surface area contributed by atoms with E-state index in [1.54, 1.807) is 4.90 Å². The summed E-state index contributed by atoms with van der Waals surface area (Å²) in [6.45, 7) is 6.40. The second-order valence-electron chi connectivity index (χ2n) is 4.29. The number of aliphatic hydroxyl groups excluding tert-OH is 1. The molecule has 0 radical (unpaired) electrons. The molecule has 1 heterocycles. The van der Waals surface area contributed by atoms with E-state index in [1.165, 1.54) is 0 Å². The van der Waals surface area contributed by atoms with Crippen molar-refractivity contribution in [2.75, 3.05) is 19.8 Å². The number of ether oxygens (including phenoxy) is 1. The van der Waals surface area contributed by atoms with Gasteiger partial charge in [-0.1, -0.05) is 0 Å². The third-order valence-electron chi connectivity index (χ3n) is 2.10. The zero-order valence-corrected chi connectivity index (χ0v) is 8.41. The molecule has 0 bridgehead atoms. The largest absolute Gasteiger partial charge is 0.394 e. The smallest absolute Gasteiger partial charge is 0.249 e. The summed E-state index contributed by atoms with van der Waals surface area (Å²) in [4.78, 5) is 13.2. The van der Waals surface area contributed by atoms with Gasteiger partial charge in [0.2, 0.25) is 5.91 Å². The predicted molar refractivity (Wildman–Crippen MR) is 48.3 cm³/mol. The van der Waals surface area contributed by atoms with Gasteiger partial charge in [-0.25, -0.2) is 0 Å². The van der Waals surface area contributed by atoms with Crippen LogP contribution in [0.15, 0.2) is 0 Å². The lowest BCUT2D eigenvalue weighted by Gasteiger charge is -2.43. The van der Waals surface area contributed by atoms with Crippen molar-refractivity contribution in [2.45, 2.75) is 32.4 Å². The molecule has 0 aromatic rings. The fourth-order valence-corrected chi connectivity index (χ4v) is 1.69. The summed E-state index contributed by atoms with van der Waals surface area (Å²) in [7, 11) is 0. The molecule has 1 atom stereocenters. The first-order valence-corrected chi connectivity index (χ1v) is 4.47. The lowest BCUT2D eigenvalue weighted by molar-refractivity contribution is -0.158. The summed E-state index contributed by atoms with van der Waals surface area (Å²) in [5, 5.41) is 9.07. The fraction of sp³-hybridized carbons (Fsp3) is 0.889. The van der Waals surface area contributed by atoms with Gasteiger partial charge in [-0.15, -0.1) is 0 Å². The number of hydrogen-bond donors (Lipinski definition) is 1. The van der Waals surface area contributed by atoms with Gasteiger partial charge in [0.05, 0.1) is 19.3 Å². The number of amides is 1. The Balaban J connectivity index is 2.80. The molecule has 0 aliphatic carbocycles. The summed E-state index contributed by atoms with van der Waals surface area (Å²) in [5.74, 6) is -0.0437. The number of carbonyl (C=O) groups excluding carboxylic acids is 1. The molecule has 1 saturated heterocycles. The minimum absolute atomic E-state index is 0.0387. The van der Waals surface area contributed by atoms with E-state index in [0.29, 0.717) is 6.61 Å². The molecule has 1 unspecified atom stereocenters. The molecule has 0 spiro atoms. The Bertz CT molecular complexity index is 198. The van der Waals surface area contributed by atoms with Gasteiger partial charge in [-0.05, 0) is 20.8 Å². The Morgan fingerprint density at radius 1 is 1.62 bits per heavy atom. The van der Waals surface area contributed by atoms with Gasteiger partial charge in [0.25, 0.3) is 0 Å². The van der Waals surface area contributed by atoms with E-state index in [9.17, 15) is 4.79 Å². The van der Waals surface area contributed by atoms with E-state index in [0.717, 1.165) is 0 Å². The van der Waals surface area contributed by atoms with Crippen molar-refractivity contribution in [1.82, 2.24) is 4.90 Å². The van der Waals surface area contributed by atoms with Gasteiger partial charge in [-0.2, -0.15) is 0 Å². The highest BCUT2D eigenvalue weighted by Gasteiger charge is 2.35. The van der Waals surface area contributed by atoms with Gasteiger partial charge < -0.3 is 14.7 Å². The van der Waals surface area contributed by atoms with Crippen LogP contribution in [0.1, 0.15) is 20.8 Å². The van der Waals surface area contributed by atoms with Crippen LogP contribution >= 0.6 is 0 Å². The van der Waals surface area contributed by atoms with E-state index >= 15 is 0 Å². The molecule has 4 nitrogen and oxygen atoms in total. The minimum Gasteiger partial charge on any atom is -0.394 e. The molecule has 1 rings (SSSR count). The van der Waals surface area contributed by atoms with Crippen LogP contribution in [0.3, 0.4) is 0 Å². The van der Waals surface area contributed by atoms with Gasteiger partial charge in [-0.3, -0.25) is 4.79 Å². The van der Waals surface area contributed by atoms with Gasteiger partial charge in [0, 0.05) is 5.54 Å². The van der Waals surface area contributed by atoms with E-state index in [4.69, 9.17) is 9.84 Å². The Kier molecular flexibility index (Phi) is 2.93. The number of aliphatic hydroxyl groups is 1. The monoisotopic (exact) mass is 187 g/mol. The summed E-state index contributed by atoms with van der Waals surface area (Å²) in [6, 6.07) is -0.193. The van der Waals surface area contributed by atoms with Crippen molar-refractivity contribution in [3.63, 3.8) is 0 Å². The maximum Gasteiger partial charge on any atom is 0.249 e. The average molecular weight is 187 g/mol. The van der Waals surface area contributed by atoms with E-state index in [-0.39, 0.29) is 30.7 Å². The molecule has 1 aliphatic rings. The highest BCUT2D eigenvalue weighted by Crippen LogP contribution is 2.20. The molecule has 4 heteroatoms. The van der Waals surface area contributed by atoms with E-state index in [1.807, 2.05) is 20.8 Å². The highest BCUT2D eigenvalue weighted by atomic mass is 16.5. The summed E-state index contributed by atoms with van der Waals surface area (Å²) in [5.41, 5.74) is -0.242. The van der Waals surface area contributed by atoms with Crippen LogP contribution in [0, 0.1) is 0 Å². The third-order valence-corrected chi connectivity index (χ3v) is 2.10. The fourth-order valence-electron chi connectivity index (χ4n) is 1.69. The van der Waals surface area contributed by atoms with Gasteiger partial charge in [0.1, 0.15) is 6.61 Å². The normalized spacial score (nSPS) is 25.1. The van der Waals surface area contributed by atoms with Crippen molar-refractivity contribution < 1.29 is 14.6 Å². The van der Waals surface area contributed by atoms with Crippen LogP contribution in [0.5, 0.6) is 0 Å². The standard InChI is InChI=1S/C9H17NO3/c1-9(2,3)10-7(4-11)5-13-6-8(10)12/h7,11H,4-6H2,1-3H3. The SMILES string of the molecule is CC(C)(C)N1C(=O)COCC1CO. The number of carbonyl (C=O) groups is 1. The van der Waals surface area contributed by atoms with Crippen molar-refractivity contribution in [3.05, 3.63) is 0 Å². The molecule has 0 saturated carbocycles. The lowest BCUT2D eigenvalue weighted by atomic mass is 10.0. The second kappa shape index (κ2) is 3.64. The Hall–Kier alpha value is -0.610. The highest BCUT2D eigenvalue weighted by molar-refractivity contribution is 5.79. The van der Waals surface area contributed by atoms with Crippen LogP contribution in [-0.4, -0.2) is 47.3 Å². The Morgan fingerprint density at radius 2 is 2.23 bits per heavy atom. The quantitative estimate of drug-likeness (QED) is 0.629. The van der Waals surface area contributed by atoms with Crippen molar-refractivity contribution in [2.24, 2.45) is 0 Å². The van der Waals surface area contributed by atoms with Crippen LogP contribution in [0.4, 0.5) is 0 Å². The van der Waals surface area contributed by atoms with E-state index in [2.05, 4.69) is 0 Å². The Morgan fingerprint density at radius 3 is 2.62 bits per heavy atom. The average Bonchev–Trinajstić information content (AvgIpc) is 2.01. The number of morpholine rings is 1. The molecule has 0 aromatic heterocycles. The zero-order chi connectivity index (χ0) is 10.1. The first kappa shape index (κ1) is 10.5. The summed E-state index contributed by atoms with van der Waals surface area (Å²) < 4.78 is 5.06. The number of hydrogen-bond acceptors (Lipinski definition) is 3. The molecule has 1 aliphatic heterocycles. The Labute approximate surface area is 78.5 Å². The van der Waals surface area contributed by atoms with Gasteiger partial charge >= 0.3 is 0 Å². The maximum atomic E-state index is 11.5.